The number of hydrogen-bond acceptors (Lipinski definition) is 3. The molecule has 2 amide bonds. The van der Waals surface area contributed by atoms with Crippen LogP contribution in [0.4, 0.5) is 10.1 Å². The molecule has 2 aromatic carbocycles. The average Bonchev–Trinajstić information content (AvgIpc) is 2.96. The number of nitrogens with zero attached hydrogens (tertiary/aromatic N) is 2. The molecule has 4 rings (SSSR count). The zero-order chi connectivity index (χ0) is 20.7. The summed E-state index contributed by atoms with van der Waals surface area (Å²) in [5.41, 5.74) is 1.35. The highest BCUT2D eigenvalue weighted by molar-refractivity contribution is 6.49. The van der Waals surface area contributed by atoms with E-state index in [2.05, 4.69) is 6.92 Å². The zero-order valence-electron chi connectivity index (χ0n) is 15.8. The standard InChI is InChI=1S/C22H19Cl2FN2O2/c1-13-9-11-26(12-10-13)20-18(14-5-7-15(25)8-6-14)21(28)27(22(20)29)17-4-2-3-16(23)19(17)24/h2-8,13H,9-12H2,1H3. The molecule has 4 nitrogen and oxygen atoms in total. The first kappa shape index (κ1) is 19.9. The van der Waals surface area contributed by atoms with Crippen molar-refractivity contribution in [3.63, 3.8) is 0 Å². The van der Waals surface area contributed by atoms with E-state index in [1.165, 1.54) is 24.3 Å². The second-order valence-electron chi connectivity index (χ2n) is 7.42. The van der Waals surface area contributed by atoms with E-state index >= 15 is 0 Å². The highest BCUT2D eigenvalue weighted by Gasteiger charge is 2.43. The fourth-order valence-electron chi connectivity index (χ4n) is 3.80. The molecule has 2 aromatic rings. The molecule has 0 bridgehead atoms. The molecule has 0 unspecified atom stereocenters. The summed E-state index contributed by atoms with van der Waals surface area (Å²) in [6, 6.07) is 10.4. The van der Waals surface area contributed by atoms with Crippen molar-refractivity contribution in [3.05, 3.63) is 69.6 Å². The molecule has 0 N–H and O–H groups in total. The smallest absolute Gasteiger partial charge is 0.282 e. The van der Waals surface area contributed by atoms with E-state index in [9.17, 15) is 14.0 Å². The van der Waals surface area contributed by atoms with Gasteiger partial charge in [-0.15, -0.1) is 0 Å². The minimum Gasteiger partial charge on any atom is -0.366 e. The van der Waals surface area contributed by atoms with Crippen LogP contribution in [-0.2, 0) is 9.59 Å². The highest BCUT2D eigenvalue weighted by Crippen LogP contribution is 2.40. The molecule has 2 aliphatic rings. The third-order valence-corrected chi connectivity index (χ3v) is 6.27. The highest BCUT2D eigenvalue weighted by atomic mass is 35.5. The summed E-state index contributed by atoms with van der Waals surface area (Å²) < 4.78 is 13.5. The maximum Gasteiger partial charge on any atom is 0.282 e. The van der Waals surface area contributed by atoms with Crippen LogP contribution in [0.2, 0.25) is 10.0 Å². The summed E-state index contributed by atoms with van der Waals surface area (Å²) in [6.45, 7) is 3.53. The first-order valence-corrected chi connectivity index (χ1v) is 10.2. The van der Waals surface area contributed by atoms with E-state index in [0.29, 0.717) is 30.3 Å². The monoisotopic (exact) mass is 432 g/mol. The van der Waals surface area contributed by atoms with Gasteiger partial charge in [0.05, 0.1) is 21.3 Å². The summed E-state index contributed by atoms with van der Waals surface area (Å²) >= 11 is 12.4. The molecule has 2 heterocycles. The van der Waals surface area contributed by atoms with Gasteiger partial charge in [-0.1, -0.05) is 48.3 Å². The van der Waals surface area contributed by atoms with Gasteiger partial charge in [0.2, 0.25) is 0 Å². The number of rotatable bonds is 3. The Balaban J connectivity index is 1.83. The molecule has 1 fully saturated rings. The van der Waals surface area contributed by atoms with Crippen molar-refractivity contribution in [2.45, 2.75) is 19.8 Å². The van der Waals surface area contributed by atoms with E-state index in [1.54, 1.807) is 18.2 Å². The van der Waals surface area contributed by atoms with Crippen LogP contribution in [0.3, 0.4) is 0 Å². The molecule has 2 aliphatic heterocycles. The van der Waals surface area contributed by atoms with E-state index in [-0.39, 0.29) is 21.3 Å². The minimum absolute atomic E-state index is 0.142. The fourth-order valence-corrected chi connectivity index (χ4v) is 4.18. The number of halogens is 3. The van der Waals surface area contributed by atoms with E-state index in [0.717, 1.165) is 17.7 Å². The predicted octanol–water partition coefficient (Wildman–Crippen LogP) is 5.15. The molecular formula is C22H19Cl2FN2O2. The van der Waals surface area contributed by atoms with Crippen molar-refractivity contribution >= 4 is 46.3 Å². The lowest BCUT2D eigenvalue weighted by molar-refractivity contribution is -0.120. The summed E-state index contributed by atoms with van der Waals surface area (Å²) in [4.78, 5) is 29.9. The number of hydrogen-bond donors (Lipinski definition) is 0. The second kappa shape index (κ2) is 7.81. The van der Waals surface area contributed by atoms with Crippen LogP contribution in [-0.4, -0.2) is 29.8 Å². The number of imide groups is 1. The molecule has 0 aromatic heterocycles. The number of amides is 2. The molecule has 0 atom stereocenters. The van der Waals surface area contributed by atoms with Gasteiger partial charge in [-0.2, -0.15) is 0 Å². The Kier molecular flexibility index (Phi) is 5.36. The number of piperidine rings is 1. The Bertz CT molecular complexity index is 1010. The molecule has 1 saturated heterocycles. The van der Waals surface area contributed by atoms with Gasteiger partial charge >= 0.3 is 0 Å². The summed E-state index contributed by atoms with van der Waals surface area (Å²) in [5, 5.41) is 0.399. The van der Waals surface area contributed by atoms with E-state index < -0.39 is 17.6 Å². The maximum absolute atomic E-state index is 13.5. The minimum atomic E-state index is -0.487. The van der Waals surface area contributed by atoms with Gasteiger partial charge < -0.3 is 4.90 Å². The van der Waals surface area contributed by atoms with Crippen LogP contribution in [0.15, 0.2) is 48.2 Å². The van der Waals surface area contributed by atoms with Crippen molar-refractivity contribution in [2.24, 2.45) is 5.92 Å². The normalized spacial score (nSPS) is 18.2. The van der Waals surface area contributed by atoms with Crippen LogP contribution < -0.4 is 4.90 Å². The second-order valence-corrected chi connectivity index (χ2v) is 8.20. The molecule has 29 heavy (non-hydrogen) atoms. The number of likely N-dealkylation sites (tertiary alicyclic amines) is 1. The average molecular weight is 433 g/mol. The van der Waals surface area contributed by atoms with E-state index in [4.69, 9.17) is 23.2 Å². The lowest BCUT2D eigenvalue weighted by Gasteiger charge is -2.32. The largest absolute Gasteiger partial charge is 0.366 e. The summed E-state index contributed by atoms with van der Waals surface area (Å²) in [7, 11) is 0. The lowest BCUT2D eigenvalue weighted by atomic mass is 9.97. The molecule has 0 saturated carbocycles. The van der Waals surface area contributed by atoms with Crippen molar-refractivity contribution in [1.29, 1.82) is 0 Å². The molecule has 0 radical (unpaired) electrons. The zero-order valence-corrected chi connectivity index (χ0v) is 17.3. The third-order valence-electron chi connectivity index (χ3n) is 5.46. The molecule has 150 valence electrons. The first-order valence-electron chi connectivity index (χ1n) is 9.46. The summed E-state index contributed by atoms with van der Waals surface area (Å²) in [5.74, 6) is -0.770. The lowest BCUT2D eigenvalue weighted by Crippen LogP contribution is -2.38. The molecular weight excluding hydrogens is 414 g/mol. The van der Waals surface area contributed by atoms with Gasteiger partial charge in [-0.3, -0.25) is 9.59 Å². The van der Waals surface area contributed by atoms with Crippen molar-refractivity contribution in [2.75, 3.05) is 18.0 Å². The summed E-state index contributed by atoms with van der Waals surface area (Å²) in [6.07, 6.45) is 1.86. The first-order chi connectivity index (χ1) is 13.9. The Morgan fingerprint density at radius 3 is 2.28 bits per heavy atom. The van der Waals surface area contributed by atoms with Crippen LogP contribution >= 0.6 is 23.2 Å². The van der Waals surface area contributed by atoms with Crippen molar-refractivity contribution < 1.29 is 14.0 Å². The Hall–Kier alpha value is -2.37. The number of carbonyl (C=O) groups excluding carboxylic acids is 2. The van der Waals surface area contributed by atoms with Crippen LogP contribution in [0.25, 0.3) is 5.57 Å². The SMILES string of the molecule is CC1CCN(C2=C(c3ccc(F)cc3)C(=O)N(c3cccc(Cl)c3Cl)C2=O)CC1. The van der Waals surface area contributed by atoms with Crippen LogP contribution in [0.1, 0.15) is 25.3 Å². The van der Waals surface area contributed by atoms with E-state index in [1.807, 2.05) is 4.90 Å². The number of anilines is 1. The van der Waals surface area contributed by atoms with Gasteiger partial charge in [0.1, 0.15) is 11.5 Å². The quantitative estimate of drug-likeness (QED) is 0.629. The van der Waals surface area contributed by atoms with Crippen molar-refractivity contribution in [1.82, 2.24) is 4.90 Å². The third kappa shape index (κ3) is 3.53. The van der Waals surface area contributed by atoms with Gasteiger partial charge in [0.15, 0.2) is 0 Å². The van der Waals surface area contributed by atoms with Crippen molar-refractivity contribution in [3.8, 4) is 0 Å². The number of benzene rings is 2. The molecule has 0 spiro atoms. The van der Waals surface area contributed by atoms with Gasteiger partial charge in [-0.25, -0.2) is 9.29 Å². The van der Waals surface area contributed by atoms with Gasteiger partial charge in [-0.05, 0) is 48.6 Å². The Labute approximate surface area is 178 Å². The van der Waals surface area contributed by atoms with Gasteiger partial charge in [0, 0.05) is 13.1 Å². The Morgan fingerprint density at radius 1 is 0.966 bits per heavy atom. The maximum atomic E-state index is 13.5. The van der Waals surface area contributed by atoms with Gasteiger partial charge in [0.25, 0.3) is 11.8 Å². The Morgan fingerprint density at radius 2 is 1.62 bits per heavy atom. The predicted molar refractivity (Wildman–Crippen MR) is 112 cm³/mol. The molecule has 0 aliphatic carbocycles. The number of carbonyl (C=O) groups is 2. The topological polar surface area (TPSA) is 40.6 Å². The molecule has 7 heteroatoms. The fraction of sp³-hybridized carbons (Fsp3) is 0.273. The van der Waals surface area contributed by atoms with Crippen LogP contribution in [0, 0.1) is 11.7 Å². The van der Waals surface area contributed by atoms with Crippen LogP contribution in [0.5, 0.6) is 0 Å².